The first-order valence-electron chi connectivity index (χ1n) is 6.44. The Bertz CT molecular complexity index is 599. The first-order chi connectivity index (χ1) is 9.69. The molecule has 0 saturated carbocycles. The molecule has 0 spiro atoms. The van der Waals surface area contributed by atoms with Gasteiger partial charge in [-0.1, -0.05) is 34.1 Å². The highest BCUT2D eigenvalue weighted by Crippen LogP contribution is 2.15. The molecule has 0 atom stereocenters. The number of esters is 1. The van der Waals surface area contributed by atoms with Crippen LogP contribution in [-0.2, 0) is 11.3 Å². The molecule has 0 aliphatic heterocycles. The monoisotopic (exact) mass is 333 g/mol. The van der Waals surface area contributed by atoms with E-state index in [0.29, 0.717) is 18.7 Å². The van der Waals surface area contributed by atoms with Crippen LogP contribution in [0.5, 0.6) is 0 Å². The molecule has 0 aliphatic carbocycles. The van der Waals surface area contributed by atoms with Crippen LogP contribution in [0.4, 0.5) is 5.69 Å². The maximum atomic E-state index is 11.7. The van der Waals surface area contributed by atoms with Crippen molar-refractivity contribution in [2.45, 2.75) is 13.5 Å². The molecule has 2 rings (SSSR count). The minimum atomic E-state index is -0.293. The summed E-state index contributed by atoms with van der Waals surface area (Å²) in [6.07, 6.45) is 0. The number of benzene rings is 2. The fourth-order valence-corrected chi connectivity index (χ4v) is 2.27. The Morgan fingerprint density at radius 3 is 2.75 bits per heavy atom. The topological polar surface area (TPSA) is 38.3 Å². The van der Waals surface area contributed by atoms with Crippen molar-refractivity contribution in [3.05, 3.63) is 64.1 Å². The minimum absolute atomic E-state index is 0.293. The Hall–Kier alpha value is -1.81. The summed E-state index contributed by atoms with van der Waals surface area (Å²) < 4.78 is 6.04. The smallest absolute Gasteiger partial charge is 0.338 e. The molecule has 0 fully saturated rings. The fourth-order valence-electron chi connectivity index (χ4n) is 1.82. The molecule has 20 heavy (non-hydrogen) atoms. The third-order valence-electron chi connectivity index (χ3n) is 2.76. The first kappa shape index (κ1) is 14.6. The maximum absolute atomic E-state index is 11.7. The molecule has 0 unspecified atom stereocenters. The summed E-state index contributed by atoms with van der Waals surface area (Å²) >= 11 is 3.45. The van der Waals surface area contributed by atoms with Crippen LogP contribution in [0, 0.1) is 0 Å². The lowest BCUT2D eigenvalue weighted by molar-refractivity contribution is 0.0526. The molecule has 3 nitrogen and oxygen atoms in total. The molecule has 0 saturated heterocycles. The SMILES string of the molecule is CCOC(=O)c1cccc(NCc2cccc(Br)c2)c1. The Kier molecular flexibility index (Phi) is 5.18. The summed E-state index contributed by atoms with van der Waals surface area (Å²) in [5.74, 6) is -0.293. The van der Waals surface area contributed by atoms with E-state index in [1.807, 2.05) is 30.3 Å². The first-order valence-corrected chi connectivity index (χ1v) is 7.24. The molecule has 2 aromatic carbocycles. The molecule has 0 radical (unpaired) electrons. The molecule has 4 heteroatoms. The highest BCUT2D eigenvalue weighted by atomic mass is 79.9. The van der Waals surface area contributed by atoms with E-state index in [-0.39, 0.29) is 5.97 Å². The Labute approximate surface area is 127 Å². The number of hydrogen-bond acceptors (Lipinski definition) is 3. The van der Waals surface area contributed by atoms with Gasteiger partial charge in [-0.2, -0.15) is 0 Å². The van der Waals surface area contributed by atoms with Crippen molar-refractivity contribution in [3.63, 3.8) is 0 Å². The van der Waals surface area contributed by atoms with Gasteiger partial charge in [0.2, 0.25) is 0 Å². The molecule has 0 amide bonds. The maximum Gasteiger partial charge on any atom is 0.338 e. The van der Waals surface area contributed by atoms with E-state index in [2.05, 4.69) is 27.3 Å². The number of halogens is 1. The van der Waals surface area contributed by atoms with Gasteiger partial charge in [-0.05, 0) is 42.8 Å². The van der Waals surface area contributed by atoms with Gasteiger partial charge in [0.05, 0.1) is 12.2 Å². The van der Waals surface area contributed by atoms with Crippen molar-refractivity contribution in [1.29, 1.82) is 0 Å². The van der Waals surface area contributed by atoms with E-state index < -0.39 is 0 Å². The standard InChI is InChI=1S/C16H16BrNO2/c1-2-20-16(19)13-6-4-8-15(10-13)18-11-12-5-3-7-14(17)9-12/h3-10,18H,2,11H2,1H3. The molecule has 104 valence electrons. The van der Waals surface area contributed by atoms with Gasteiger partial charge in [0.15, 0.2) is 0 Å². The third-order valence-corrected chi connectivity index (χ3v) is 3.25. The lowest BCUT2D eigenvalue weighted by atomic mass is 10.2. The lowest BCUT2D eigenvalue weighted by Crippen LogP contribution is -2.06. The van der Waals surface area contributed by atoms with Crippen LogP contribution in [0.1, 0.15) is 22.8 Å². The van der Waals surface area contributed by atoms with Gasteiger partial charge in [-0.25, -0.2) is 4.79 Å². The van der Waals surface area contributed by atoms with Crippen LogP contribution < -0.4 is 5.32 Å². The predicted molar refractivity (Wildman–Crippen MR) is 83.9 cm³/mol. The Morgan fingerprint density at radius 1 is 1.20 bits per heavy atom. The molecular formula is C16H16BrNO2. The van der Waals surface area contributed by atoms with Gasteiger partial charge in [-0.3, -0.25) is 0 Å². The van der Waals surface area contributed by atoms with E-state index in [0.717, 1.165) is 10.2 Å². The normalized spacial score (nSPS) is 10.1. The number of ether oxygens (including phenoxy) is 1. The Balaban J connectivity index is 2.03. The predicted octanol–water partition coefficient (Wildman–Crippen LogP) is 4.24. The summed E-state index contributed by atoms with van der Waals surface area (Å²) in [4.78, 5) is 11.7. The van der Waals surface area contributed by atoms with Crippen molar-refractivity contribution >= 4 is 27.6 Å². The van der Waals surface area contributed by atoms with Gasteiger partial charge >= 0.3 is 5.97 Å². The van der Waals surface area contributed by atoms with E-state index in [1.165, 1.54) is 5.56 Å². The second-order valence-electron chi connectivity index (χ2n) is 4.28. The number of nitrogens with one attached hydrogen (secondary N) is 1. The van der Waals surface area contributed by atoms with Gasteiger partial charge in [0.1, 0.15) is 0 Å². The van der Waals surface area contributed by atoms with E-state index >= 15 is 0 Å². The average molecular weight is 334 g/mol. The van der Waals surface area contributed by atoms with Gasteiger partial charge in [0, 0.05) is 16.7 Å². The highest BCUT2D eigenvalue weighted by molar-refractivity contribution is 9.10. The van der Waals surface area contributed by atoms with E-state index in [1.54, 1.807) is 19.1 Å². The highest BCUT2D eigenvalue weighted by Gasteiger charge is 2.06. The van der Waals surface area contributed by atoms with Crippen LogP contribution in [0.15, 0.2) is 53.0 Å². The summed E-state index contributed by atoms with van der Waals surface area (Å²) in [6, 6.07) is 15.4. The quantitative estimate of drug-likeness (QED) is 0.832. The number of carbonyl (C=O) groups excluding carboxylic acids is 1. The molecule has 0 aliphatic rings. The zero-order chi connectivity index (χ0) is 14.4. The van der Waals surface area contributed by atoms with Crippen LogP contribution >= 0.6 is 15.9 Å². The third kappa shape index (κ3) is 4.10. The lowest BCUT2D eigenvalue weighted by Gasteiger charge is -2.08. The zero-order valence-corrected chi connectivity index (χ0v) is 12.8. The zero-order valence-electron chi connectivity index (χ0n) is 11.2. The molecule has 2 aromatic rings. The van der Waals surface area contributed by atoms with Gasteiger partial charge in [-0.15, -0.1) is 0 Å². The fraction of sp³-hybridized carbons (Fsp3) is 0.188. The van der Waals surface area contributed by atoms with Gasteiger partial charge < -0.3 is 10.1 Å². The molecule has 0 heterocycles. The second kappa shape index (κ2) is 7.10. The molecule has 1 N–H and O–H groups in total. The molecule has 0 bridgehead atoms. The van der Waals surface area contributed by atoms with Crippen molar-refractivity contribution in [2.75, 3.05) is 11.9 Å². The van der Waals surface area contributed by atoms with Crippen molar-refractivity contribution < 1.29 is 9.53 Å². The summed E-state index contributed by atoms with van der Waals surface area (Å²) in [7, 11) is 0. The van der Waals surface area contributed by atoms with Crippen molar-refractivity contribution in [2.24, 2.45) is 0 Å². The van der Waals surface area contributed by atoms with Crippen LogP contribution in [0.2, 0.25) is 0 Å². The number of hydrogen-bond donors (Lipinski definition) is 1. The molecular weight excluding hydrogens is 318 g/mol. The summed E-state index contributed by atoms with van der Waals surface area (Å²) in [6.45, 7) is 2.88. The van der Waals surface area contributed by atoms with Crippen LogP contribution in [-0.4, -0.2) is 12.6 Å². The second-order valence-corrected chi connectivity index (χ2v) is 5.20. The largest absolute Gasteiger partial charge is 0.462 e. The molecule has 0 aromatic heterocycles. The Morgan fingerprint density at radius 2 is 2.00 bits per heavy atom. The summed E-state index contributed by atoms with van der Waals surface area (Å²) in [5, 5.41) is 3.30. The van der Waals surface area contributed by atoms with Crippen LogP contribution in [0.25, 0.3) is 0 Å². The minimum Gasteiger partial charge on any atom is -0.462 e. The number of carbonyl (C=O) groups is 1. The van der Waals surface area contributed by atoms with Crippen molar-refractivity contribution in [3.8, 4) is 0 Å². The van der Waals surface area contributed by atoms with Crippen LogP contribution in [0.3, 0.4) is 0 Å². The number of anilines is 1. The van der Waals surface area contributed by atoms with Gasteiger partial charge in [0.25, 0.3) is 0 Å². The number of rotatable bonds is 5. The van der Waals surface area contributed by atoms with Crippen molar-refractivity contribution in [1.82, 2.24) is 0 Å². The van der Waals surface area contributed by atoms with E-state index in [4.69, 9.17) is 4.74 Å². The average Bonchev–Trinajstić information content (AvgIpc) is 2.46. The van der Waals surface area contributed by atoms with E-state index in [9.17, 15) is 4.79 Å². The summed E-state index contributed by atoms with van der Waals surface area (Å²) in [5.41, 5.74) is 2.63.